The molecule has 2 aromatic rings. The van der Waals surface area contributed by atoms with Crippen LogP contribution >= 0.6 is 11.6 Å². The second kappa shape index (κ2) is 6.80. The van der Waals surface area contributed by atoms with Gasteiger partial charge in [-0.05, 0) is 42.5 Å². The lowest BCUT2D eigenvalue weighted by Crippen LogP contribution is -2.28. The number of benzene rings is 2. The molecule has 0 aromatic heterocycles. The Hall–Kier alpha value is -2.38. The van der Waals surface area contributed by atoms with Crippen molar-refractivity contribution in [3.8, 4) is 0 Å². The Kier molecular flexibility index (Phi) is 5.02. The molecule has 8 heteroatoms. The molecule has 0 radical (unpaired) electrons. The molecule has 2 aromatic carbocycles. The van der Waals surface area contributed by atoms with Crippen LogP contribution in [0, 0.1) is 0 Å². The minimum Gasteiger partial charge on any atom is -0.322 e. The van der Waals surface area contributed by atoms with E-state index in [4.69, 9.17) is 11.6 Å². The number of halogens is 1. The Morgan fingerprint density at radius 1 is 1.04 bits per heavy atom. The molecular weight excluding hydrogens is 340 g/mol. The van der Waals surface area contributed by atoms with Crippen LogP contribution in [0.4, 0.5) is 5.69 Å². The SMILES string of the molecule is CC(=O)NS(=O)(=O)c1ccc(NC(=O)c2cccc(Cl)c2)cc1. The van der Waals surface area contributed by atoms with Crippen LogP contribution in [0.3, 0.4) is 0 Å². The van der Waals surface area contributed by atoms with Crippen molar-refractivity contribution in [2.75, 3.05) is 5.32 Å². The molecule has 0 aliphatic heterocycles. The van der Waals surface area contributed by atoms with Gasteiger partial charge in [0.15, 0.2) is 0 Å². The van der Waals surface area contributed by atoms with Crippen molar-refractivity contribution in [1.82, 2.24) is 4.72 Å². The van der Waals surface area contributed by atoms with Gasteiger partial charge in [-0.25, -0.2) is 13.1 Å². The second-order valence-electron chi connectivity index (χ2n) is 4.65. The Bertz CT molecular complexity index is 848. The highest BCUT2D eigenvalue weighted by atomic mass is 35.5. The first-order chi connectivity index (χ1) is 10.8. The molecule has 2 rings (SSSR count). The van der Waals surface area contributed by atoms with Gasteiger partial charge in [0.05, 0.1) is 4.90 Å². The quantitative estimate of drug-likeness (QED) is 0.883. The van der Waals surface area contributed by atoms with Gasteiger partial charge in [0, 0.05) is 23.2 Å². The van der Waals surface area contributed by atoms with Crippen LogP contribution in [0.1, 0.15) is 17.3 Å². The summed E-state index contributed by atoms with van der Waals surface area (Å²) in [6.45, 7) is 1.11. The standard InChI is InChI=1S/C15H13ClN2O4S/c1-10(19)18-23(21,22)14-7-5-13(6-8-14)17-15(20)11-3-2-4-12(16)9-11/h2-9H,1H3,(H,17,20)(H,18,19). The van der Waals surface area contributed by atoms with E-state index in [1.807, 2.05) is 4.72 Å². The van der Waals surface area contributed by atoms with Gasteiger partial charge in [-0.3, -0.25) is 9.59 Å². The van der Waals surface area contributed by atoms with E-state index in [1.54, 1.807) is 18.2 Å². The van der Waals surface area contributed by atoms with Crippen molar-refractivity contribution >= 4 is 39.1 Å². The molecule has 23 heavy (non-hydrogen) atoms. The van der Waals surface area contributed by atoms with Crippen LogP contribution < -0.4 is 10.0 Å². The van der Waals surface area contributed by atoms with Gasteiger partial charge in [0.1, 0.15) is 0 Å². The molecule has 0 saturated heterocycles. The number of hydrogen-bond acceptors (Lipinski definition) is 4. The summed E-state index contributed by atoms with van der Waals surface area (Å²) in [7, 11) is -3.89. The molecule has 0 unspecified atom stereocenters. The average Bonchev–Trinajstić information content (AvgIpc) is 2.46. The highest BCUT2D eigenvalue weighted by Gasteiger charge is 2.15. The molecule has 0 heterocycles. The maximum Gasteiger partial charge on any atom is 0.264 e. The third-order valence-electron chi connectivity index (χ3n) is 2.79. The van der Waals surface area contributed by atoms with Crippen molar-refractivity contribution < 1.29 is 18.0 Å². The van der Waals surface area contributed by atoms with Crippen molar-refractivity contribution in [2.24, 2.45) is 0 Å². The van der Waals surface area contributed by atoms with E-state index in [1.165, 1.54) is 30.3 Å². The van der Waals surface area contributed by atoms with Gasteiger partial charge in [0.25, 0.3) is 15.9 Å². The average molecular weight is 353 g/mol. The molecule has 0 saturated carbocycles. The number of amides is 2. The highest BCUT2D eigenvalue weighted by Crippen LogP contribution is 2.16. The van der Waals surface area contributed by atoms with Crippen LogP contribution in [0.5, 0.6) is 0 Å². The summed E-state index contributed by atoms with van der Waals surface area (Å²) in [5, 5.41) is 3.06. The largest absolute Gasteiger partial charge is 0.322 e. The zero-order chi connectivity index (χ0) is 17.0. The number of hydrogen-bond donors (Lipinski definition) is 2. The molecule has 0 spiro atoms. The smallest absolute Gasteiger partial charge is 0.264 e. The van der Waals surface area contributed by atoms with E-state index in [0.717, 1.165) is 6.92 Å². The topological polar surface area (TPSA) is 92.3 Å². The first kappa shape index (κ1) is 17.0. The Morgan fingerprint density at radius 2 is 1.70 bits per heavy atom. The number of nitrogens with one attached hydrogen (secondary N) is 2. The molecule has 120 valence electrons. The number of carbonyl (C=O) groups is 2. The van der Waals surface area contributed by atoms with Crippen LogP contribution in [0.25, 0.3) is 0 Å². The van der Waals surface area contributed by atoms with Gasteiger partial charge in [-0.2, -0.15) is 0 Å². The van der Waals surface area contributed by atoms with E-state index in [0.29, 0.717) is 16.3 Å². The Labute approximate surface area is 138 Å². The molecule has 2 amide bonds. The van der Waals surface area contributed by atoms with Crippen LogP contribution in [-0.2, 0) is 14.8 Å². The normalized spacial score (nSPS) is 10.9. The van der Waals surface area contributed by atoms with Crippen molar-refractivity contribution in [3.63, 3.8) is 0 Å². The maximum absolute atomic E-state index is 12.0. The zero-order valence-corrected chi connectivity index (χ0v) is 13.6. The van der Waals surface area contributed by atoms with Crippen molar-refractivity contribution in [1.29, 1.82) is 0 Å². The van der Waals surface area contributed by atoms with Gasteiger partial charge >= 0.3 is 0 Å². The first-order valence-corrected chi connectivity index (χ1v) is 8.34. The number of rotatable bonds is 4. The summed E-state index contributed by atoms with van der Waals surface area (Å²) < 4.78 is 25.5. The lowest BCUT2D eigenvalue weighted by atomic mass is 10.2. The predicted octanol–water partition coefficient (Wildman–Crippen LogP) is 2.42. The molecule has 0 atom stereocenters. The summed E-state index contributed by atoms with van der Waals surface area (Å²) >= 11 is 5.82. The van der Waals surface area contributed by atoms with Crippen molar-refractivity contribution in [3.05, 3.63) is 59.1 Å². The van der Waals surface area contributed by atoms with Crippen LogP contribution in [-0.4, -0.2) is 20.2 Å². The number of anilines is 1. The Morgan fingerprint density at radius 3 is 2.26 bits per heavy atom. The van der Waals surface area contributed by atoms with Gasteiger partial charge in [-0.15, -0.1) is 0 Å². The second-order valence-corrected chi connectivity index (χ2v) is 6.77. The minimum atomic E-state index is -3.89. The number of carbonyl (C=O) groups excluding carboxylic acids is 2. The summed E-state index contributed by atoms with van der Waals surface area (Å²) in [5.74, 6) is -1.05. The molecule has 0 bridgehead atoms. The Balaban J connectivity index is 2.14. The molecule has 2 N–H and O–H groups in total. The third kappa shape index (κ3) is 4.54. The van der Waals surface area contributed by atoms with Gasteiger partial charge < -0.3 is 5.32 Å². The molecule has 0 aliphatic carbocycles. The van der Waals surface area contributed by atoms with E-state index in [9.17, 15) is 18.0 Å². The predicted molar refractivity (Wildman–Crippen MR) is 86.8 cm³/mol. The summed E-state index contributed by atoms with van der Waals surface area (Å²) in [5.41, 5.74) is 0.796. The highest BCUT2D eigenvalue weighted by molar-refractivity contribution is 7.90. The van der Waals surface area contributed by atoms with E-state index in [2.05, 4.69) is 5.32 Å². The van der Waals surface area contributed by atoms with Gasteiger partial charge in [0.2, 0.25) is 5.91 Å². The lowest BCUT2D eigenvalue weighted by Gasteiger charge is -2.08. The van der Waals surface area contributed by atoms with E-state index in [-0.39, 0.29) is 10.8 Å². The van der Waals surface area contributed by atoms with Gasteiger partial charge in [-0.1, -0.05) is 17.7 Å². The summed E-state index contributed by atoms with van der Waals surface area (Å²) in [6.07, 6.45) is 0. The summed E-state index contributed by atoms with van der Waals surface area (Å²) in [6, 6.07) is 11.9. The van der Waals surface area contributed by atoms with E-state index < -0.39 is 15.9 Å². The first-order valence-electron chi connectivity index (χ1n) is 6.48. The number of sulfonamides is 1. The maximum atomic E-state index is 12.0. The molecular formula is C15H13ClN2O4S. The zero-order valence-electron chi connectivity index (χ0n) is 12.0. The fourth-order valence-corrected chi connectivity index (χ4v) is 2.98. The fourth-order valence-electron chi connectivity index (χ4n) is 1.80. The fraction of sp³-hybridized carbons (Fsp3) is 0.0667. The lowest BCUT2D eigenvalue weighted by molar-refractivity contribution is -0.117. The van der Waals surface area contributed by atoms with Crippen molar-refractivity contribution in [2.45, 2.75) is 11.8 Å². The molecule has 6 nitrogen and oxygen atoms in total. The molecule has 0 fully saturated rings. The van der Waals surface area contributed by atoms with E-state index >= 15 is 0 Å². The van der Waals surface area contributed by atoms with Crippen LogP contribution in [0.15, 0.2) is 53.4 Å². The minimum absolute atomic E-state index is 0.0755. The molecule has 0 aliphatic rings. The van der Waals surface area contributed by atoms with Crippen LogP contribution in [0.2, 0.25) is 5.02 Å². The summed E-state index contributed by atoms with van der Waals surface area (Å²) in [4.78, 5) is 22.8. The monoisotopic (exact) mass is 352 g/mol. The third-order valence-corrected chi connectivity index (χ3v) is 4.47.